The minimum Gasteiger partial charge on any atom is -0.462 e. The second-order valence-corrected chi connectivity index (χ2v) is 11.4. The lowest BCUT2D eigenvalue weighted by Gasteiger charge is -2.11. The predicted octanol–water partition coefficient (Wildman–Crippen LogP) is 9.66. The van der Waals surface area contributed by atoms with E-state index in [4.69, 9.17) is 25.8 Å². The highest BCUT2D eigenvalue weighted by Crippen LogP contribution is 2.25. The largest absolute Gasteiger partial charge is 0.462 e. The molecule has 0 radical (unpaired) electrons. The van der Waals surface area contributed by atoms with E-state index in [1.165, 1.54) is 93.0 Å². The van der Waals surface area contributed by atoms with E-state index in [1.807, 2.05) is 26.0 Å². The summed E-state index contributed by atoms with van der Waals surface area (Å²) in [5, 5.41) is 0.128. The van der Waals surface area contributed by atoms with Crippen molar-refractivity contribution in [2.75, 3.05) is 6.61 Å². The molecular formula is C36H43ClO6. The molecule has 7 heteroatoms. The first-order chi connectivity index (χ1) is 20.8. The van der Waals surface area contributed by atoms with Crippen LogP contribution in [0.2, 0.25) is 5.02 Å². The third-order valence-corrected chi connectivity index (χ3v) is 7.69. The van der Waals surface area contributed by atoms with Crippen LogP contribution in [0.5, 0.6) is 11.5 Å². The summed E-state index contributed by atoms with van der Waals surface area (Å²) in [5.41, 5.74) is 2.14. The summed E-state index contributed by atoms with van der Waals surface area (Å²) in [6, 6.07) is 18.0. The maximum Gasteiger partial charge on any atom is 0.343 e. The molecule has 3 aromatic rings. The van der Waals surface area contributed by atoms with Crippen molar-refractivity contribution in [2.24, 2.45) is 5.92 Å². The second kappa shape index (κ2) is 18.1. The van der Waals surface area contributed by atoms with Crippen molar-refractivity contribution >= 4 is 29.5 Å². The van der Waals surface area contributed by atoms with E-state index in [9.17, 15) is 14.4 Å². The molecule has 0 bridgehead atoms. The van der Waals surface area contributed by atoms with Crippen LogP contribution < -0.4 is 9.47 Å². The highest BCUT2D eigenvalue weighted by Gasteiger charge is 2.16. The fourth-order valence-corrected chi connectivity index (χ4v) is 4.65. The Balaban J connectivity index is 1.45. The van der Waals surface area contributed by atoms with E-state index in [1.54, 1.807) is 12.1 Å². The van der Waals surface area contributed by atoms with Crippen molar-refractivity contribution < 1.29 is 28.6 Å². The molecule has 0 unspecified atom stereocenters. The number of carbonyl (C=O) groups is 3. The Bertz CT molecular complexity index is 1320. The average molecular weight is 607 g/mol. The molecule has 0 amide bonds. The fraction of sp³-hybridized carbons (Fsp3) is 0.417. The first kappa shape index (κ1) is 33.9. The van der Waals surface area contributed by atoms with Gasteiger partial charge in [0.05, 0.1) is 28.3 Å². The van der Waals surface area contributed by atoms with E-state index in [0.29, 0.717) is 17.9 Å². The van der Waals surface area contributed by atoms with Crippen LogP contribution in [0.25, 0.3) is 0 Å². The number of aryl methyl sites for hydroxylation is 1. The fourth-order valence-electron chi connectivity index (χ4n) is 4.40. The maximum atomic E-state index is 12.6. The van der Waals surface area contributed by atoms with E-state index in [0.717, 1.165) is 19.3 Å². The Kier molecular flexibility index (Phi) is 14.3. The normalized spacial score (nSPS) is 11.5. The SMILES string of the molecule is CCCCCCCCCCc1ccc(C(=O)Oc2ccc(C(=O)Oc3ccc(C(=O)OC[C@@H](C)CC)c(Cl)c3)cc2)cc1. The maximum absolute atomic E-state index is 12.6. The Morgan fingerprint density at radius 1 is 0.674 bits per heavy atom. The molecule has 0 aromatic heterocycles. The van der Waals surface area contributed by atoms with Gasteiger partial charge in [-0.2, -0.15) is 0 Å². The number of unbranched alkanes of at least 4 members (excludes halogenated alkanes) is 7. The smallest absolute Gasteiger partial charge is 0.343 e. The summed E-state index contributed by atoms with van der Waals surface area (Å²) in [7, 11) is 0. The Hall–Kier alpha value is -3.64. The highest BCUT2D eigenvalue weighted by atomic mass is 35.5. The third-order valence-electron chi connectivity index (χ3n) is 7.38. The molecule has 0 aliphatic rings. The number of halogens is 1. The lowest BCUT2D eigenvalue weighted by atomic mass is 10.0. The van der Waals surface area contributed by atoms with Crippen molar-refractivity contribution in [1.82, 2.24) is 0 Å². The van der Waals surface area contributed by atoms with Crippen LogP contribution in [0.4, 0.5) is 0 Å². The Morgan fingerprint density at radius 2 is 1.21 bits per heavy atom. The monoisotopic (exact) mass is 606 g/mol. The molecule has 6 nitrogen and oxygen atoms in total. The van der Waals surface area contributed by atoms with Crippen molar-refractivity contribution in [3.05, 3.63) is 94.0 Å². The van der Waals surface area contributed by atoms with Crippen LogP contribution in [0.15, 0.2) is 66.7 Å². The molecule has 0 spiro atoms. The molecular weight excluding hydrogens is 564 g/mol. The first-order valence-corrected chi connectivity index (χ1v) is 15.8. The summed E-state index contributed by atoms with van der Waals surface area (Å²) in [4.78, 5) is 37.6. The number of rotatable bonds is 17. The molecule has 3 rings (SSSR count). The molecule has 0 aliphatic carbocycles. The summed E-state index contributed by atoms with van der Waals surface area (Å²) in [5.74, 6) is -0.858. The molecule has 0 N–H and O–H groups in total. The number of ether oxygens (including phenoxy) is 3. The van der Waals surface area contributed by atoms with Gasteiger partial charge in [0.15, 0.2) is 0 Å². The molecule has 230 valence electrons. The minimum atomic E-state index is -0.617. The highest BCUT2D eigenvalue weighted by molar-refractivity contribution is 6.33. The lowest BCUT2D eigenvalue weighted by molar-refractivity contribution is 0.0447. The average Bonchev–Trinajstić information content (AvgIpc) is 3.01. The van der Waals surface area contributed by atoms with Gasteiger partial charge in [0.25, 0.3) is 0 Å². The van der Waals surface area contributed by atoms with Gasteiger partial charge in [0, 0.05) is 6.07 Å². The van der Waals surface area contributed by atoms with E-state index in [-0.39, 0.29) is 27.8 Å². The van der Waals surface area contributed by atoms with Crippen molar-refractivity contribution in [1.29, 1.82) is 0 Å². The number of benzene rings is 3. The van der Waals surface area contributed by atoms with Crippen LogP contribution in [0.1, 0.15) is 115 Å². The Morgan fingerprint density at radius 3 is 1.79 bits per heavy atom. The minimum absolute atomic E-state index is 0.128. The summed E-state index contributed by atoms with van der Waals surface area (Å²) >= 11 is 6.24. The van der Waals surface area contributed by atoms with Gasteiger partial charge < -0.3 is 14.2 Å². The van der Waals surface area contributed by atoms with Crippen LogP contribution in [0.3, 0.4) is 0 Å². The molecule has 3 aromatic carbocycles. The van der Waals surface area contributed by atoms with Gasteiger partial charge in [-0.3, -0.25) is 0 Å². The zero-order chi connectivity index (χ0) is 31.0. The van der Waals surface area contributed by atoms with Crippen molar-refractivity contribution in [3.63, 3.8) is 0 Å². The van der Waals surface area contributed by atoms with Gasteiger partial charge >= 0.3 is 17.9 Å². The van der Waals surface area contributed by atoms with Crippen LogP contribution in [-0.2, 0) is 11.2 Å². The summed E-state index contributed by atoms with van der Waals surface area (Å²) < 4.78 is 16.2. The quantitative estimate of drug-likeness (QED) is 0.0864. The first-order valence-electron chi connectivity index (χ1n) is 15.4. The molecule has 43 heavy (non-hydrogen) atoms. The van der Waals surface area contributed by atoms with Crippen molar-refractivity contribution in [2.45, 2.75) is 85.0 Å². The van der Waals surface area contributed by atoms with Gasteiger partial charge in [0.1, 0.15) is 11.5 Å². The van der Waals surface area contributed by atoms with Gasteiger partial charge in [0.2, 0.25) is 0 Å². The molecule has 0 aliphatic heterocycles. The van der Waals surface area contributed by atoms with Crippen LogP contribution in [0, 0.1) is 5.92 Å². The van der Waals surface area contributed by atoms with Crippen molar-refractivity contribution in [3.8, 4) is 11.5 Å². The zero-order valence-corrected chi connectivity index (χ0v) is 26.3. The molecule has 1 atom stereocenters. The summed E-state index contributed by atoms with van der Waals surface area (Å²) in [6.45, 7) is 6.55. The topological polar surface area (TPSA) is 78.9 Å². The van der Waals surface area contributed by atoms with Gasteiger partial charge in [-0.1, -0.05) is 95.9 Å². The van der Waals surface area contributed by atoms with Gasteiger partial charge in [-0.25, -0.2) is 14.4 Å². The number of hydrogen-bond acceptors (Lipinski definition) is 6. The van der Waals surface area contributed by atoms with E-state index >= 15 is 0 Å². The molecule has 0 saturated heterocycles. The third kappa shape index (κ3) is 11.5. The van der Waals surface area contributed by atoms with Gasteiger partial charge in [-0.05, 0) is 72.9 Å². The molecule has 0 fully saturated rings. The molecule has 0 saturated carbocycles. The number of hydrogen-bond donors (Lipinski definition) is 0. The van der Waals surface area contributed by atoms with E-state index in [2.05, 4.69) is 6.92 Å². The van der Waals surface area contributed by atoms with E-state index < -0.39 is 17.9 Å². The lowest BCUT2D eigenvalue weighted by Crippen LogP contribution is -2.12. The van der Waals surface area contributed by atoms with Crippen LogP contribution >= 0.6 is 11.6 Å². The summed E-state index contributed by atoms with van der Waals surface area (Å²) in [6.07, 6.45) is 12.2. The molecule has 0 heterocycles. The predicted molar refractivity (Wildman–Crippen MR) is 170 cm³/mol. The Labute approximate surface area is 260 Å². The van der Waals surface area contributed by atoms with Gasteiger partial charge in [-0.15, -0.1) is 0 Å². The number of carbonyl (C=O) groups excluding carboxylic acids is 3. The zero-order valence-electron chi connectivity index (χ0n) is 25.5. The van der Waals surface area contributed by atoms with Crippen LogP contribution in [-0.4, -0.2) is 24.5 Å². The standard InChI is InChI=1S/C36H43ClO6/c1-4-6-7-8-9-10-11-12-13-27-14-16-28(17-15-27)34(38)42-30-20-18-29(19-21-30)35(39)43-31-22-23-32(33(37)24-31)36(40)41-25-26(3)5-2/h14-24,26H,4-13,25H2,1-3H3/t26-/m0/s1. The number of esters is 3. The second-order valence-electron chi connectivity index (χ2n) is 11.0.